The highest BCUT2D eigenvalue weighted by atomic mass is 15.2. The average Bonchev–Trinajstić information content (AvgIpc) is 2.25. The van der Waals surface area contributed by atoms with E-state index in [0.717, 1.165) is 12.0 Å². The first kappa shape index (κ1) is 11.4. The lowest BCUT2D eigenvalue weighted by atomic mass is 9.85. The fourth-order valence-corrected chi connectivity index (χ4v) is 3.13. The number of nitrogens with zero attached hydrogens (tertiary/aromatic N) is 1. The zero-order valence-electron chi connectivity index (χ0n) is 10.1. The first-order valence-electron chi connectivity index (χ1n) is 6.75. The Morgan fingerprint density at radius 3 is 2.47 bits per heavy atom. The molecule has 0 aromatic heterocycles. The molecule has 0 aromatic carbocycles. The van der Waals surface area contributed by atoms with Crippen LogP contribution >= 0.6 is 0 Å². The third-order valence-corrected chi connectivity index (χ3v) is 4.32. The van der Waals surface area contributed by atoms with Crippen LogP contribution in [0.25, 0.3) is 0 Å². The van der Waals surface area contributed by atoms with Gasteiger partial charge in [-0.3, -0.25) is 0 Å². The van der Waals surface area contributed by atoms with Gasteiger partial charge >= 0.3 is 0 Å². The van der Waals surface area contributed by atoms with Crippen LogP contribution in [0, 0.1) is 5.92 Å². The number of rotatable bonds is 2. The molecule has 0 amide bonds. The SMILES string of the molecule is CC1CCCCN1CC1CCC(N)CC1. The van der Waals surface area contributed by atoms with Crippen molar-refractivity contribution in [2.75, 3.05) is 13.1 Å². The summed E-state index contributed by atoms with van der Waals surface area (Å²) in [6, 6.07) is 1.33. The summed E-state index contributed by atoms with van der Waals surface area (Å²) in [6.45, 7) is 5.07. The predicted octanol–water partition coefficient (Wildman–Crippen LogP) is 2.38. The van der Waals surface area contributed by atoms with Gasteiger partial charge in [0, 0.05) is 18.6 Å². The molecule has 88 valence electrons. The first-order chi connectivity index (χ1) is 7.25. The Hall–Kier alpha value is -0.0800. The second-order valence-electron chi connectivity index (χ2n) is 5.62. The van der Waals surface area contributed by atoms with Crippen LogP contribution in [0.3, 0.4) is 0 Å². The summed E-state index contributed by atoms with van der Waals surface area (Å²) in [7, 11) is 0. The molecule has 1 aliphatic heterocycles. The van der Waals surface area contributed by atoms with Crippen LogP contribution < -0.4 is 5.73 Å². The van der Waals surface area contributed by atoms with E-state index in [-0.39, 0.29) is 0 Å². The highest BCUT2D eigenvalue weighted by Gasteiger charge is 2.24. The molecule has 1 saturated heterocycles. The molecule has 2 nitrogen and oxygen atoms in total. The minimum Gasteiger partial charge on any atom is -0.328 e. The molecule has 1 heterocycles. The van der Waals surface area contributed by atoms with Crippen LogP contribution in [0.2, 0.25) is 0 Å². The monoisotopic (exact) mass is 210 g/mol. The van der Waals surface area contributed by atoms with E-state index < -0.39 is 0 Å². The second-order valence-corrected chi connectivity index (χ2v) is 5.62. The van der Waals surface area contributed by atoms with E-state index in [1.165, 1.54) is 58.0 Å². The van der Waals surface area contributed by atoms with Gasteiger partial charge in [-0.1, -0.05) is 6.42 Å². The Labute approximate surface area is 94.2 Å². The minimum absolute atomic E-state index is 0.500. The molecule has 0 spiro atoms. The van der Waals surface area contributed by atoms with Gasteiger partial charge in [0.1, 0.15) is 0 Å². The standard InChI is InChI=1S/C13H26N2/c1-11-4-2-3-9-15(11)10-12-5-7-13(14)8-6-12/h11-13H,2-10,14H2,1H3. The van der Waals surface area contributed by atoms with Crippen molar-refractivity contribution in [1.82, 2.24) is 4.90 Å². The van der Waals surface area contributed by atoms with Crippen LogP contribution in [-0.4, -0.2) is 30.1 Å². The van der Waals surface area contributed by atoms with Crippen LogP contribution in [0.4, 0.5) is 0 Å². The van der Waals surface area contributed by atoms with Gasteiger partial charge in [-0.2, -0.15) is 0 Å². The minimum atomic E-state index is 0.500. The van der Waals surface area contributed by atoms with Gasteiger partial charge in [-0.05, 0) is 57.9 Å². The molecule has 1 atom stereocenters. The number of hydrogen-bond acceptors (Lipinski definition) is 2. The normalized spacial score (nSPS) is 39.2. The fourth-order valence-electron chi connectivity index (χ4n) is 3.13. The van der Waals surface area contributed by atoms with Crippen molar-refractivity contribution in [3.05, 3.63) is 0 Å². The van der Waals surface area contributed by atoms with Gasteiger partial charge in [0.25, 0.3) is 0 Å². The fraction of sp³-hybridized carbons (Fsp3) is 1.00. The Balaban J connectivity index is 1.75. The average molecular weight is 210 g/mol. The second kappa shape index (κ2) is 5.31. The number of likely N-dealkylation sites (tertiary alicyclic amines) is 1. The van der Waals surface area contributed by atoms with Gasteiger partial charge < -0.3 is 10.6 Å². The van der Waals surface area contributed by atoms with Gasteiger partial charge in [-0.25, -0.2) is 0 Å². The molecule has 2 aliphatic rings. The molecular formula is C13H26N2. The van der Waals surface area contributed by atoms with E-state index in [1.54, 1.807) is 0 Å². The Kier molecular flexibility index (Phi) is 4.04. The highest BCUT2D eigenvalue weighted by molar-refractivity contribution is 4.80. The van der Waals surface area contributed by atoms with Gasteiger partial charge in [0.15, 0.2) is 0 Å². The third-order valence-electron chi connectivity index (χ3n) is 4.32. The van der Waals surface area contributed by atoms with Crippen LogP contribution in [-0.2, 0) is 0 Å². The third kappa shape index (κ3) is 3.18. The number of piperidine rings is 1. The highest BCUT2D eigenvalue weighted by Crippen LogP contribution is 2.26. The maximum absolute atomic E-state index is 5.94. The summed E-state index contributed by atoms with van der Waals surface area (Å²) in [5.41, 5.74) is 5.94. The maximum atomic E-state index is 5.94. The van der Waals surface area contributed by atoms with E-state index >= 15 is 0 Å². The zero-order valence-corrected chi connectivity index (χ0v) is 10.1. The molecule has 15 heavy (non-hydrogen) atoms. The Bertz CT molecular complexity index is 185. The summed E-state index contributed by atoms with van der Waals surface area (Å²) in [5, 5.41) is 0. The summed E-state index contributed by atoms with van der Waals surface area (Å²) < 4.78 is 0. The first-order valence-corrected chi connectivity index (χ1v) is 6.75. The van der Waals surface area contributed by atoms with Crippen molar-refractivity contribution in [3.63, 3.8) is 0 Å². The molecule has 2 N–H and O–H groups in total. The molecule has 2 fully saturated rings. The predicted molar refractivity (Wildman–Crippen MR) is 64.8 cm³/mol. The van der Waals surface area contributed by atoms with E-state index in [1.807, 2.05) is 0 Å². The molecule has 2 heteroatoms. The van der Waals surface area contributed by atoms with E-state index in [0.29, 0.717) is 6.04 Å². The Morgan fingerprint density at radius 1 is 1.07 bits per heavy atom. The van der Waals surface area contributed by atoms with Crippen molar-refractivity contribution in [2.45, 2.75) is 64.0 Å². The molecule has 0 bridgehead atoms. The van der Waals surface area contributed by atoms with Crippen molar-refractivity contribution in [3.8, 4) is 0 Å². The number of nitrogens with two attached hydrogens (primary N) is 1. The van der Waals surface area contributed by atoms with Gasteiger partial charge in [0.05, 0.1) is 0 Å². The van der Waals surface area contributed by atoms with E-state index in [4.69, 9.17) is 5.73 Å². The molecule has 2 rings (SSSR count). The molecule has 0 radical (unpaired) electrons. The van der Waals surface area contributed by atoms with Crippen LogP contribution in [0.5, 0.6) is 0 Å². The van der Waals surface area contributed by atoms with Crippen molar-refractivity contribution >= 4 is 0 Å². The molecule has 1 saturated carbocycles. The van der Waals surface area contributed by atoms with E-state index in [2.05, 4.69) is 11.8 Å². The summed E-state index contributed by atoms with van der Waals surface area (Å²) >= 11 is 0. The molecule has 1 aliphatic carbocycles. The lowest BCUT2D eigenvalue weighted by Gasteiger charge is -2.37. The van der Waals surface area contributed by atoms with Crippen LogP contribution in [0.1, 0.15) is 51.9 Å². The molecule has 0 aromatic rings. The van der Waals surface area contributed by atoms with E-state index in [9.17, 15) is 0 Å². The lowest BCUT2D eigenvalue weighted by molar-refractivity contribution is 0.121. The van der Waals surface area contributed by atoms with Gasteiger partial charge in [0.2, 0.25) is 0 Å². The summed E-state index contributed by atoms with van der Waals surface area (Å²) in [5.74, 6) is 0.936. The molecule has 1 unspecified atom stereocenters. The largest absolute Gasteiger partial charge is 0.328 e. The molecular weight excluding hydrogens is 184 g/mol. The van der Waals surface area contributed by atoms with Crippen molar-refractivity contribution in [2.24, 2.45) is 11.7 Å². The number of hydrogen-bond donors (Lipinski definition) is 1. The lowest BCUT2D eigenvalue weighted by Crippen LogP contribution is -2.42. The smallest absolute Gasteiger partial charge is 0.00670 e. The van der Waals surface area contributed by atoms with Crippen molar-refractivity contribution < 1.29 is 0 Å². The zero-order chi connectivity index (χ0) is 10.7. The van der Waals surface area contributed by atoms with Crippen molar-refractivity contribution in [1.29, 1.82) is 0 Å². The van der Waals surface area contributed by atoms with Crippen LogP contribution in [0.15, 0.2) is 0 Å². The quantitative estimate of drug-likeness (QED) is 0.758. The summed E-state index contributed by atoms with van der Waals surface area (Å²) in [6.07, 6.45) is 9.50. The topological polar surface area (TPSA) is 29.3 Å². The summed E-state index contributed by atoms with van der Waals surface area (Å²) in [4.78, 5) is 2.71. The Morgan fingerprint density at radius 2 is 1.80 bits per heavy atom. The maximum Gasteiger partial charge on any atom is 0.00670 e. The van der Waals surface area contributed by atoms with Gasteiger partial charge in [-0.15, -0.1) is 0 Å².